The van der Waals surface area contributed by atoms with Gasteiger partial charge in [-0.25, -0.2) is 4.98 Å². The van der Waals surface area contributed by atoms with E-state index in [1.807, 2.05) is 0 Å². The Bertz CT molecular complexity index is 1030. The van der Waals surface area contributed by atoms with Gasteiger partial charge in [-0.15, -0.1) is 0 Å². The van der Waals surface area contributed by atoms with Crippen LogP contribution in [0.1, 0.15) is 5.56 Å². The van der Waals surface area contributed by atoms with E-state index in [4.69, 9.17) is 5.11 Å². The molecule has 3 aromatic rings. The number of nitrogens with one attached hydrogen (secondary N) is 2. The molecule has 0 saturated carbocycles. The molecule has 0 amide bonds. The number of alkyl halides is 3. The third-order valence-electron chi connectivity index (χ3n) is 3.66. The molecule has 3 rings (SSSR count). The van der Waals surface area contributed by atoms with E-state index >= 15 is 0 Å². The number of carboxylic acids is 1. The minimum Gasteiger partial charge on any atom is -0.480 e. The van der Waals surface area contributed by atoms with Crippen molar-refractivity contribution in [2.24, 2.45) is 0 Å². The van der Waals surface area contributed by atoms with Gasteiger partial charge in [0.25, 0.3) is 0 Å². The third-order valence-corrected chi connectivity index (χ3v) is 4.32. The quantitative estimate of drug-likeness (QED) is 0.488. The van der Waals surface area contributed by atoms with Crippen LogP contribution in [0.4, 0.5) is 30.6 Å². The Morgan fingerprint density at radius 3 is 2.45 bits per heavy atom. The van der Waals surface area contributed by atoms with Crippen LogP contribution < -0.4 is 10.6 Å². The van der Waals surface area contributed by atoms with E-state index in [-0.39, 0.29) is 16.2 Å². The fourth-order valence-corrected chi connectivity index (χ4v) is 2.82. The second-order valence-electron chi connectivity index (χ2n) is 5.76. The smallest absolute Gasteiger partial charge is 0.416 e. The van der Waals surface area contributed by atoms with Gasteiger partial charge in [0.05, 0.1) is 16.9 Å². The van der Waals surface area contributed by atoms with E-state index in [0.29, 0.717) is 16.9 Å². The van der Waals surface area contributed by atoms with Crippen molar-refractivity contribution in [3.05, 3.63) is 58.8 Å². The van der Waals surface area contributed by atoms with Crippen molar-refractivity contribution >= 4 is 39.4 Å². The molecule has 2 heterocycles. The average Bonchev–Trinajstić information content (AvgIpc) is 2.68. The van der Waals surface area contributed by atoms with Gasteiger partial charge in [-0.3, -0.25) is 9.78 Å². The summed E-state index contributed by atoms with van der Waals surface area (Å²) in [6.45, 7) is -0.400. The predicted octanol–water partition coefficient (Wildman–Crippen LogP) is 4.56. The minimum atomic E-state index is -4.46. The Morgan fingerprint density at radius 1 is 1.10 bits per heavy atom. The van der Waals surface area contributed by atoms with E-state index in [1.54, 1.807) is 30.6 Å². The van der Waals surface area contributed by atoms with Gasteiger partial charge in [0.1, 0.15) is 12.4 Å². The van der Waals surface area contributed by atoms with E-state index in [2.05, 4.69) is 41.5 Å². The Hall–Kier alpha value is -3.21. The van der Waals surface area contributed by atoms with Crippen LogP contribution in [0.15, 0.2) is 53.3 Å². The lowest BCUT2D eigenvalue weighted by Crippen LogP contribution is -2.15. The minimum absolute atomic E-state index is 0.0484. The maximum Gasteiger partial charge on any atom is 0.416 e. The molecule has 0 unspecified atom stereocenters. The van der Waals surface area contributed by atoms with Gasteiger partial charge >= 0.3 is 12.1 Å². The van der Waals surface area contributed by atoms with Crippen LogP contribution in [0.5, 0.6) is 0 Å². The number of aliphatic carboxylic acids is 1. The molecule has 2 aromatic heterocycles. The Morgan fingerprint density at radius 2 is 1.83 bits per heavy atom. The molecule has 0 radical (unpaired) electrons. The fourth-order valence-electron chi connectivity index (χ4n) is 2.35. The van der Waals surface area contributed by atoms with Crippen molar-refractivity contribution in [1.29, 1.82) is 0 Å². The summed E-state index contributed by atoms with van der Waals surface area (Å²) in [5.74, 6) is -0.782. The van der Waals surface area contributed by atoms with Crippen LogP contribution in [-0.4, -0.2) is 32.6 Å². The molecule has 0 atom stereocenters. The zero-order valence-corrected chi connectivity index (χ0v) is 16.1. The van der Waals surface area contributed by atoms with Crippen LogP contribution >= 0.6 is 15.9 Å². The maximum absolute atomic E-state index is 12.8. The van der Waals surface area contributed by atoms with E-state index in [9.17, 15) is 18.0 Å². The first-order valence-electron chi connectivity index (χ1n) is 8.11. The number of rotatable bonds is 6. The molecule has 0 aliphatic rings. The van der Waals surface area contributed by atoms with Crippen molar-refractivity contribution in [2.45, 2.75) is 6.18 Å². The molecule has 0 bridgehead atoms. The SMILES string of the molecule is O=C(O)CNc1nc(Nc2ccc(C(F)(F)F)cc2Br)cc(-c2ccncc2)n1. The first kappa shape index (κ1) is 20.5. The van der Waals surface area contributed by atoms with E-state index in [1.165, 1.54) is 6.07 Å². The molecule has 0 spiro atoms. The van der Waals surface area contributed by atoms with E-state index < -0.39 is 24.3 Å². The summed E-state index contributed by atoms with van der Waals surface area (Å²) in [6.07, 6.45) is -1.32. The van der Waals surface area contributed by atoms with Gasteiger partial charge < -0.3 is 15.7 Å². The second kappa shape index (κ2) is 8.43. The van der Waals surface area contributed by atoms with Gasteiger partial charge in [0.2, 0.25) is 5.95 Å². The Kier molecular flexibility index (Phi) is 5.97. The highest BCUT2D eigenvalue weighted by molar-refractivity contribution is 9.10. The lowest BCUT2D eigenvalue weighted by atomic mass is 10.2. The molecule has 1 aromatic carbocycles. The van der Waals surface area contributed by atoms with Crippen LogP contribution in [-0.2, 0) is 11.0 Å². The number of anilines is 3. The molecule has 0 aliphatic carbocycles. The summed E-state index contributed by atoms with van der Waals surface area (Å²) in [6, 6.07) is 8.18. The molecule has 0 aliphatic heterocycles. The molecule has 29 heavy (non-hydrogen) atoms. The molecule has 11 heteroatoms. The molecule has 3 N–H and O–H groups in total. The van der Waals surface area contributed by atoms with Crippen molar-refractivity contribution in [2.75, 3.05) is 17.2 Å². The first-order valence-corrected chi connectivity index (χ1v) is 8.90. The molecule has 150 valence electrons. The average molecular weight is 468 g/mol. The third kappa shape index (κ3) is 5.41. The summed E-state index contributed by atoms with van der Waals surface area (Å²) in [5, 5.41) is 14.4. The molecule has 0 saturated heterocycles. The maximum atomic E-state index is 12.8. The summed E-state index contributed by atoms with van der Waals surface area (Å²) in [4.78, 5) is 23.2. The largest absolute Gasteiger partial charge is 0.480 e. The number of halogens is 4. The van der Waals surface area contributed by atoms with Gasteiger partial charge in [-0.1, -0.05) is 0 Å². The highest BCUT2D eigenvalue weighted by atomic mass is 79.9. The highest BCUT2D eigenvalue weighted by Crippen LogP contribution is 2.35. The number of carboxylic acid groups (broad SMARTS) is 1. The standard InChI is InChI=1S/C18H13BrF3N5O2/c19-12-7-11(18(20,21)22)1-2-13(12)25-15-8-14(10-3-5-23-6-4-10)26-17(27-15)24-9-16(28)29/h1-8H,9H2,(H,28,29)(H2,24,25,26,27). The molecule has 0 fully saturated rings. The summed E-state index contributed by atoms with van der Waals surface area (Å²) in [7, 11) is 0. The molecule has 7 nitrogen and oxygen atoms in total. The number of hydrogen-bond donors (Lipinski definition) is 3. The predicted molar refractivity (Wildman–Crippen MR) is 104 cm³/mol. The topological polar surface area (TPSA) is 100 Å². The Balaban J connectivity index is 1.95. The van der Waals surface area contributed by atoms with Crippen LogP contribution in [0.3, 0.4) is 0 Å². The lowest BCUT2D eigenvalue weighted by molar-refractivity contribution is -0.137. The molecular formula is C18H13BrF3N5O2. The number of nitrogens with zero attached hydrogens (tertiary/aromatic N) is 3. The monoisotopic (exact) mass is 467 g/mol. The van der Waals surface area contributed by atoms with Crippen molar-refractivity contribution in [3.63, 3.8) is 0 Å². The van der Waals surface area contributed by atoms with Gasteiger partial charge in [0.15, 0.2) is 0 Å². The summed E-state index contributed by atoms with van der Waals surface area (Å²) in [5.41, 5.74) is 0.733. The first-order chi connectivity index (χ1) is 13.7. The summed E-state index contributed by atoms with van der Waals surface area (Å²) < 4.78 is 38.7. The van der Waals surface area contributed by atoms with Crippen molar-refractivity contribution in [3.8, 4) is 11.3 Å². The zero-order chi connectivity index (χ0) is 21.0. The molecular weight excluding hydrogens is 455 g/mol. The lowest BCUT2D eigenvalue weighted by Gasteiger charge is -2.13. The number of benzene rings is 1. The zero-order valence-electron chi connectivity index (χ0n) is 14.5. The normalized spacial score (nSPS) is 11.2. The van der Waals surface area contributed by atoms with Crippen LogP contribution in [0.2, 0.25) is 0 Å². The van der Waals surface area contributed by atoms with Gasteiger partial charge in [0, 0.05) is 28.5 Å². The van der Waals surface area contributed by atoms with Crippen molar-refractivity contribution in [1.82, 2.24) is 15.0 Å². The number of carbonyl (C=O) groups is 1. The highest BCUT2D eigenvalue weighted by Gasteiger charge is 2.30. The second-order valence-corrected chi connectivity index (χ2v) is 6.62. The van der Waals surface area contributed by atoms with E-state index in [0.717, 1.165) is 12.1 Å². The summed E-state index contributed by atoms with van der Waals surface area (Å²) >= 11 is 3.12. The number of aromatic nitrogens is 3. The van der Waals surface area contributed by atoms with Gasteiger partial charge in [-0.05, 0) is 46.3 Å². The van der Waals surface area contributed by atoms with Gasteiger partial charge in [-0.2, -0.15) is 18.2 Å². The van der Waals surface area contributed by atoms with Crippen LogP contribution in [0.25, 0.3) is 11.3 Å². The number of hydrogen-bond acceptors (Lipinski definition) is 6. The fraction of sp³-hybridized carbons (Fsp3) is 0.111. The number of pyridine rings is 1. The Labute approximate surface area is 171 Å². The van der Waals surface area contributed by atoms with Crippen molar-refractivity contribution < 1.29 is 23.1 Å². The van der Waals surface area contributed by atoms with Crippen LogP contribution in [0, 0.1) is 0 Å².